The van der Waals surface area contributed by atoms with Gasteiger partial charge in [0.15, 0.2) is 5.82 Å². The average Bonchev–Trinajstić information content (AvgIpc) is 2.67. The Balaban J connectivity index is 2.04. The van der Waals surface area contributed by atoms with E-state index in [1.807, 2.05) is 54.6 Å². The number of methoxy groups -OCH3 is 2. The van der Waals surface area contributed by atoms with Gasteiger partial charge in [-0.15, -0.1) is 0 Å². The number of benzene rings is 2. The van der Waals surface area contributed by atoms with Gasteiger partial charge < -0.3 is 20.1 Å². The summed E-state index contributed by atoms with van der Waals surface area (Å²) in [7, 11) is 3.27. The predicted molar refractivity (Wildman–Crippen MR) is 114 cm³/mol. The van der Waals surface area contributed by atoms with Crippen LogP contribution in [0, 0.1) is 0 Å². The average molecular weight is 378 g/mol. The minimum absolute atomic E-state index is 0.132. The van der Waals surface area contributed by atoms with E-state index in [-0.39, 0.29) is 5.54 Å². The van der Waals surface area contributed by atoms with Gasteiger partial charge in [-0.25, -0.2) is 9.97 Å². The van der Waals surface area contributed by atoms with Crippen LogP contribution in [0.4, 0.5) is 17.3 Å². The first-order valence-electron chi connectivity index (χ1n) is 9.10. The number of hydrogen-bond acceptors (Lipinski definition) is 6. The summed E-state index contributed by atoms with van der Waals surface area (Å²) in [6, 6.07) is 17.4. The lowest BCUT2D eigenvalue weighted by Gasteiger charge is -2.22. The Morgan fingerprint density at radius 3 is 2.18 bits per heavy atom. The quantitative estimate of drug-likeness (QED) is 0.621. The van der Waals surface area contributed by atoms with Crippen LogP contribution in [0.15, 0.2) is 54.6 Å². The number of rotatable bonds is 6. The molecule has 0 amide bonds. The van der Waals surface area contributed by atoms with Gasteiger partial charge in [-0.05, 0) is 32.9 Å². The first-order valence-corrected chi connectivity index (χ1v) is 9.10. The molecule has 2 aromatic carbocycles. The number of hydrogen-bond donors (Lipinski definition) is 2. The van der Waals surface area contributed by atoms with Gasteiger partial charge in [0.1, 0.15) is 23.1 Å². The third-order valence-electron chi connectivity index (χ3n) is 3.93. The molecule has 0 saturated heterocycles. The Kier molecular flexibility index (Phi) is 5.68. The van der Waals surface area contributed by atoms with Gasteiger partial charge in [0.25, 0.3) is 0 Å². The number of aromatic nitrogens is 2. The molecule has 0 aliphatic carbocycles. The van der Waals surface area contributed by atoms with E-state index in [1.54, 1.807) is 14.2 Å². The van der Waals surface area contributed by atoms with E-state index in [4.69, 9.17) is 14.5 Å². The summed E-state index contributed by atoms with van der Waals surface area (Å²) in [6.45, 7) is 6.28. The molecule has 1 heterocycles. The molecule has 6 nitrogen and oxygen atoms in total. The zero-order chi connectivity index (χ0) is 20.1. The first-order chi connectivity index (χ1) is 13.4. The van der Waals surface area contributed by atoms with Crippen molar-refractivity contribution in [3.05, 3.63) is 54.6 Å². The second-order valence-corrected chi connectivity index (χ2v) is 7.39. The smallest absolute Gasteiger partial charge is 0.163 e. The summed E-state index contributed by atoms with van der Waals surface area (Å²) in [4.78, 5) is 9.39. The van der Waals surface area contributed by atoms with Crippen molar-refractivity contribution in [2.24, 2.45) is 0 Å². The molecule has 1 aromatic heterocycles. The van der Waals surface area contributed by atoms with E-state index >= 15 is 0 Å². The number of anilines is 3. The zero-order valence-corrected chi connectivity index (χ0v) is 16.9. The molecule has 0 spiro atoms. The van der Waals surface area contributed by atoms with Crippen molar-refractivity contribution in [2.45, 2.75) is 26.3 Å². The molecule has 6 heteroatoms. The van der Waals surface area contributed by atoms with Gasteiger partial charge in [0, 0.05) is 23.2 Å². The molecular formula is C22H26N4O2. The lowest BCUT2D eigenvalue weighted by molar-refractivity contribution is 0.405. The molecule has 3 aromatic rings. The Morgan fingerprint density at radius 1 is 0.821 bits per heavy atom. The SMILES string of the molecule is COc1ccc(OC)c(Nc2cc(NC(C)(C)C)nc(-c3ccccc3)n2)c1. The molecule has 28 heavy (non-hydrogen) atoms. The molecule has 3 rings (SSSR count). The van der Waals surface area contributed by atoms with E-state index in [0.29, 0.717) is 17.4 Å². The fraction of sp³-hybridized carbons (Fsp3) is 0.273. The Morgan fingerprint density at radius 2 is 1.54 bits per heavy atom. The Hall–Kier alpha value is -3.28. The van der Waals surface area contributed by atoms with Gasteiger partial charge >= 0.3 is 0 Å². The van der Waals surface area contributed by atoms with Crippen LogP contribution in [0.25, 0.3) is 11.4 Å². The standard InChI is InChI=1S/C22H26N4O2/c1-22(2,3)26-20-14-19(24-21(25-20)15-9-7-6-8-10-15)23-17-13-16(27-4)11-12-18(17)28-5/h6-14H,1-5H3,(H2,23,24,25,26). The zero-order valence-electron chi connectivity index (χ0n) is 16.9. The minimum atomic E-state index is -0.132. The lowest BCUT2D eigenvalue weighted by atomic mass is 10.1. The predicted octanol–water partition coefficient (Wildman–Crippen LogP) is 5.11. The molecule has 0 aliphatic rings. The van der Waals surface area contributed by atoms with Crippen LogP contribution in [0.3, 0.4) is 0 Å². The molecule has 0 aliphatic heterocycles. The number of nitrogens with one attached hydrogen (secondary N) is 2. The van der Waals surface area contributed by atoms with Gasteiger partial charge in [-0.3, -0.25) is 0 Å². The van der Waals surface area contributed by atoms with Crippen molar-refractivity contribution in [2.75, 3.05) is 24.9 Å². The van der Waals surface area contributed by atoms with Crippen molar-refractivity contribution in [3.8, 4) is 22.9 Å². The van der Waals surface area contributed by atoms with Crippen LogP contribution in [-0.2, 0) is 0 Å². The number of ether oxygens (including phenoxy) is 2. The van der Waals surface area contributed by atoms with E-state index in [1.165, 1.54) is 0 Å². The van der Waals surface area contributed by atoms with E-state index < -0.39 is 0 Å². The van der Waals surface area contributed by atoms with Crippen molar-refractivity contribution in [1.29, 1.82) is 0 Å². The molecule has 0 unspecified atom stereocenters. The van der Waals surface area contributed by atoms with E-state index in [2.05, 4.69) is 36.4 Å². The summed E-state index contributed by atoms with van der Waals surface area (Å²) < 4.78 is 10.8. The summed E-state index contributed by atoms with van der Waals surface area (Å²) >= 11 is 0. The third kappa shape index (κ3) is 4.91. The van der Waals surface area contributed by atoms with Crippen molar-refractivity contribution < 1.29 is 9.47 Å². The first kappa shape index (κ1) is 19.5. The molecule has 0 bridgehead atoms. The van der Waals surface area contributed by atoms with Crippen LogP contribution in [0.2, 0.25) is 0 Å². The fourth-order valence-corrected chi connectivity index (χ4v) is 2.73. The molecule has 0 fully saturated rings. The normalized spacial score (nSPS) is 11.0. The fourth-order valence-electron chi connectivity index (χ4n) is 2.73. The highest BCUT2D eigenvalue weighted by molar-refractivity contribution is 5.70. The van der Waals surface area contributed by atoms with Crippen LogP contribution >= 0.6 is 0 Å². The summed E-state index contributed by atoms with van der Waals surface area (Å²) in [5.41, 5.74) is 1.58. The molecular weight excluding hydrogens is 352 g/mol. The summed E-state index contributed by atoms with van der Waals surface area (Å²) in [5, 5.41) is 6.76. The second kappa shape index (κ2) is 8.17. The highest BCUT2D eigenvalue weighted by atomic mass is 16.5. The van der Waals surface area contributed by atoms with Crippen LogP contribution in [0.5, 0.6) is 11.5 Å². The highest BCUT2D eigenvalue weighted by Gasteiger charge is 2.14. The van der Waals surface area contributed by atoms with E-state index in [0.717, 1.165) is 22.8 Å². The molecule has 2 N–H and O–H groups in total. The molecule has 0 radical (unpaired) electrons. The van der Waals surface area contributed by atoms with Crippen LogP contribution in [0.1, 0.15) is 20.8 Å². The monoisotopic (exact) mass is 378 g/mol. The molecule has 146 valence electrons. The third-order valence-corrected chi connectivity index (χ3v) is 3.93. The maximum absolute atomic E-state index is 5.47. The highest BCUT2D eigenvalue weighted by Crippen LogP contribution is 2.32. The Labute approximate surface area is 166 Å². The summed E-state index contributed by atoms with van der Waals surface area (Å²) in [6.07, 6.45) is 0. The van der Waals surface area contributed by atoms with Crippen molar-refractivity contribution in [3.63, 3.8) is 0 Å². The maximum Gasteiger partial charge on any atom is 0.163 e. The van der Waals surface area contributed by atoms with Gasteiger partial charge in [-0.2, -0.15) is 0 Å². The van der Waals surface area contributed by atoms with Gasteiger partial charge in [0.05, 0.1) is 19.9 Å². The lowest BCUT2D eigenvalue weighted by Crippen LogP contribution is -2.26. The number of nitrogens with zero attached hydrogens (tertiary/aromatic N) is 2. The van der Waals surface area contributed by atoms with Gasteiger partial charge in [0.2, 0.25) is 0 Å². The largest absolute Gasteiger partial charge is 0.497 e. The van der Waals surface area contributed by atoms with Crippen molar-refractivity contribution in [1.82, 2.24) is 9.97 Å². The summed E-state index contributed by atoms with van der Waals surface area (Å²) in [5.74, 6) is 3.47. The van der Waals surface area contributed by atoms with E-state index in [9.17, 15) is 0 Å². The topological polar surface area (TPSA) is 68.3 Å². The molecule has 0 atom stereocenters. The van der Waals surface area contributed by atoms with Crippen LogP contribution < -0.4 is 20.1 Å². The Bertz CT molecular complexity index is 937. The maximum atomic E-state index is 5.47. The minimum Gasteiger partial charge on any atom is -0.497 e. The van der Waals surface area contributed by atoms with Crippen LogP contribution in [-0.4, -0.2) is 29.7 Å². The van der Waals surface area contributed by atoms with Gasteiger partial charge in [-0.1, -0.05) is 30.3 Å². The van der Waals surface area contributed by atoms with Crippen molar-refractivity contribution >= 4 is 17.3 Å². The second-order valence-electron chi connectivity index (χ2n) is 7.39. The molecule has 0 saturated carbocycles.